The van der Waals surface area contributed by atoms with Gasteiger partial charge in [-0.2, -0.15) is 0 Å². The number of nitrogens with one attached hydrogen (secondary N) is 1. The summed E-state index contributed by atoms with van der Waals surface area (Å²) in [5.41, 5.74) is 10.7. The normalized spacial score (nSPS) is 13.4. The van der Waals surface area contributed by atoms with Crippen LogP contribution in [-0.4, -0.2) is 17.9 Å². The molecule has 0 fully saturated rings. The second-order valence-electron chi connectivity index (χ2n) is 3.79. The van der Waals surface area contributed by atoms with Crippen molar-refractivity contribution in [1.82, 2.24) is 5.32 Å². The number of primary amides is 1. The highest BCUT2D eigenvalue weighted by Crippen LogP contribution is 2.08. The van der Waals surface area contributed by atoms with Gasteiger partial charge in [-0.05, 0) is 25.5 Å². The minimum Gasteiger partial charge on any atom is -0.454 e. The minimum absolute atomic E-state index is 0.128. The predicted molar refractivity (Wildman–Crippen MR) is 65.4 cm³/mol. The maximum absolute atomic E-state index is 10.8. The molecular weight excluding hydrogens is 220 g/mol. The van der Waals surface area contributed by atoms with Gasteiger partial charge >= 0.3 is 0 Å². The van der Waals surface area contributed by atoms with Gasteiger partial charge in [0.25, 0.3) is 5.91 Å². The molecular formula is C11H18N4O2. The number of aliphatic imine (C=N–C) groups is 1. The molecule has 1 aromatic rings. The molecule has 5 N–H and O–H groups in total. The van der Waals surface area contributed by atoms with Crippen LogP contribution in [0, 0.1) is 0 Å². The van der Waals surface area contributed by atoms with Gasteiger partial charge in [0, 0.05) is 6.04 Å². The molecule has 6 heteroatoms. The number of hydrogen-bond donors (Lipinski definition) is 3. The van der Waals surface area contributed by atoms with Gasteiger partial charge in [0.15, 0.2) is 11.7 Å². The van der Waals surface area contributed by atoms with Crippen molar-refractivity contribution >= 4 is 11.9 Å². The zero-order valence-corrected chi connectivity index (χ0v) is 10.1. The van der Waals surface area contributed by atoms with Crippen LogP contribution < -0.4 is 16.8 Å². The number of nitrogens with two attached hydrogens (primary N) is 2. The van der Waals surface area contributed by atoms with Gasteiger partial charge in [0.1, 0.15) is 12.3 Å². The Bertz CT molecular complexity index is 411. The molecule has 0 bridgehead atoms. The maximum atomic E-state index is 10.8. The van der Waals surface area contributed by atoms with E-state index in [4.69, 9.17) is 15.9 Å². The van der Waals surface area contributed by atoms with Crippen molar-refractivity contribution < 1.29 is 9.21 Å². The second-order valence-corrected chi connectivity index (χ2v) is 3.79. The summed E-state index contributed by atoms with van der Waals surface area (Å²) in [6.45, 7) is 4.35. The number of hydrogen-bond acceptors (Lipinski definition) is 3. The fraction of sp³-hybridized carbons (Fsp3) is 0.455. The molecule has 0 spiro atoms. The van der Waals surface area contributed by atoms with Gasteiger partial charge in [0.05, 0.1) is 0 Å². The third kappa shape index (κ3) is 4.18. The molecule has 0 radical (unpaired) electrons. The Kier molecular flexibility index (Phi) is 4.56. The van der Waals surface area contributed by atoms with Crippen molar-refractivity contribution in [3.05, 3.63) is 23.7 Å². The van der Waals surface area contributed by atoms with Crippen molar-refractivity contribution in [2.45, 2.75) is 32.9 Å². The summed E-state index contributed by atoms with van der Waals surface area (Å²) in [5.74, 6) is 0.443. The summed E-state index contributed by atoms with van der Waals surface area (Å²) in [6, 6.07) is 3.45. The van der Waals surface area contributed by atoms with Crippen molar-refractivity contribution in [2.24, 2.45) is 16.5 Å². The molecule has 0 aliphatic heterocycles. The van der Waals surface area contributed by atoms with Gasteiger partial charge in [-0.25, -0.2) is 4.99 Å². The summed E-state index contributed by atoms with van der Waals surface area (Å²) in [5, 5.41) is 3.02. The van der Waals surface area contributed by atoms with Crippen LogP contribution in [0.5, 0.6) is 0 Å². The topological polar surface area (TPSA) is 107 Å². The van der Waals surface area contributed by atoms with Gasteiger partial charge in [-0.3, -0.25) is 4.79 Å². The first-order valence-electron chi connectivity index (χ1n) is 5.48. The summed E-state index contributed by atoms with van der Waals surface area (Å²) in [4.78, 5) is 14.9. The zero-order chi connectivity index (χ0) is 12.8. The minimum atomic E-state index is -0.592. The molecule has 1 amide bonds. The molecule has 1 aromatic heterocycles. The van der Waals surface area contributed by atoms with Crippen molar-refractivity contribution in [1.29, 1.82) is 0 Å². The molecule has 0 saturated heterocycles. The smallest absolute Gasteiger partial charge is 0.284 e. The fourth-order valence-corrected chi connectivity index (χ4v) is 1.16. The van der Waals surface area contributed by atoms with Crippen molar-refractivity contribution in [3.63, 3.8) is 0 Å². The largest absolute Gasteiger partial charge is 0.454 e. The molecule has 1 atom stereocenters. The quantitative estimate of drug-likeness (QED) is 0.515. The molecule has 0 saturated carbocycles. The van der Waals surface area contributed by atoms with Gasteiger partial charge in [-0.1, -0.05) is 6.92 Å². The van der Waals surface area contributed by atoms with E-state index in [1.165, 1.54) is 6.07 Å². The molecule has 6 nitrogen and oxygen atoms in total. The van der Waals surface area contributed by atoms with Gasteiger partial charge in [0.2, 0.25) is 0 Å². The highest BCUT2D eigenvalue weighted by molar-refractivity contribution is 5.89. The Morgan fingerprint density at radius 1 is 1.53 bits per heavy atom. The summed E-state index contributed by atoms with van der Waals surface area (Å²) < 4.78 is 5.16. The first-order chi connectivity index (χ1) is 8.02. The van der Waals surface area contributed by atoms with Crippen LogP contribution in [0.2, 0.25) is 0 Å². The summed E-state index contributed by atoms with van der Waals surface area (Å²) in [7, 11) is 0. The Morgan fingerprint density at radius 2 is 2.24 bits per heavy atom. The predicted octanol–water partition coefficient (Wildman–Crippen LogP) is 0.581. The molecule has 17 heavy (non-hydrogen) atoms. The number of carbonyl (C=O) groups is 1. The number of amides is 1. The Labute approximate surface area is 100 Å². The zero-order valence-electron chi connectivity index (χ0n) is 10.1. The lowest BCUT2D eigenvalue weighted by atomic mass is 10.3. The molecule has 0 aromatic carbocycles. The van der Waals surface area contributed by atoms with E-state index in [0.717, 1.165) is 6.42 Å². The second kappa shape index (κ2) is 5.93. The Balaban J connectivity index is 2.53. The molecule has 0 aliphatic rings. The van der Waals surface area contributed by atoms with Gasteiger partial charge < -0.3 is 21.2 Å². The van der Waals surface area contributed by atoms with Crippen LogP contribution in [0.1, 0.15) is 36.6 Å². The first kappa shape index (κ1) is 13.1. The number of rotatable bonds is 5. The van der Waals surface area contributed by atoms with Crippen LogP contribution in [0.4, 0.5) is 0 Å². The maximum Gasteiger partial charge on any atom is 0.284 e. The summed E-state index contributed by atoms with van der Waals surface area (Å²) in [6.07, 6.45) is 0.961. The van der Waals surface area contributed by atoms with E-state index in [2.05, 4.69) is 17.2 Å². The number of furan rings is 1. The Morgan fingerprint density at radius 3 is 2.76 bits per heavy atom. The van der Waals surface area contributed by atoms with Crippen LogP contribution in [0.25, 0.3) is 0 Å². The lowest BCUT2D eigenvalue weighted by Gasteiger charge is -2.11. The van der Waals surface area contributed by atoms with E-state index >= 15 is 0 Å². The average molecular weight is 238 g/mol. The Hall–Kier alpha value is -1.98. The van der Waals surface area contributed by atoms with E-state index in [1.54, 1.807) is 6.07 Å². The monoisotopic (exact) mass is 238 g/mol. The van der Waals surface area contributed by atoms with Crippen LogP contribution in [-0.2, 0) is 6.54 Å². The highest BCUT2D eigenvalue weighted by Gasteiger charge is 2.06. The fourth-order valence-electron chi connectivity index (χ4n) is 1.16. The molecule has 1 unspecified atom stereocenters. The highest BCUT2D eigenvalue weighted by atomic mass is 16.3. The van der Waals surface area contributed by atoms with Crippen LogP contribution in [0.15, 0.2) is 21.5 Å². The van der Waals surface area contributed by atoms with Crippen LogP contribution in [0.3, 0.4) is 0 Å². The van der Waals surface area contributed by atoms with Gasteiger partial charge in [-0.15, -0.1) is 0 Å². The lowest BCUT2D eigenvalue weighted by molar-refractivity contribution is 0.0972. The van der Waals surface area contributed by atoms with Crippen molar-refractivity contribution in [3.8, 4) is 0 Å². The SMILES string of the molecule is CCC(C)NC(N)=NCc1ccc(C(N)=O)o1. The molecule has 1 heterocycles. The number of nitrogens with zero attached hydrogens (tertiary/aromatic N) is 1. The molecule has 0 aliphatic carbocycles. The molecule has 1 rings (SSSR count). The van der Waals surface area contributed by atoms with Crippen LogP contribution >= 0.6 is 0 Å². The number of guanidine groups is 1. The standard InChI is InChI=1S/C11H18N4O2/c1-3-7(2)15-11(13)14-6-8-4-5-9(17-8)10(12)16/h4-5,7H,3,6H2,1-2H3,(H2,12,16)(H3,13,14,15). The number of carbonyl (C=O) groups excluding carboxylic acids is 1. The van der Waals surface area contributed by atoms with Crippen molar-refractivity contribution in [2.75, 3.05) is 0 Å². The van der Waals surface area contributed by atoms with E-state index in [-0.39, 0.29) is 18.3 Å². The van der Waals surface area contributed by atoms with E-state index < -0.39 is 5.91 Å². The third-order valence-electron chi connectivity index (χ3n) is 2.32. The first-order valence-corrected chi connectivity index (χ1v) is 5.48. The summed E-state index contributed by atoms with van der Waals surface area (Å²) >= 11 is 0. The average Bonchev–Trinajstić information content (AvgIpc) is 2.75. The van der Waals surface area contributed by atoms with E-state index in [9.17, 15) is 4.79 Å². The van der Waals surface area contributed by atoms with E-state index in [0.29, 0.717) is 11.7 Å². The third-order valence-corrected chi connectivity index (χ3v) is 2.32. The molecule has 94 valence electrons. The van der Waals surface area contributed by atoms with E-state index in [1.807, 2.05) is 6.92 Å². The lowest BCUT2D eigenvalue weighted by Crippen LogP contribution is -2.38.